The molecule has 6 heavy (non-hydrogen) atoms. The third-order valence-electron chi connectivity index (χ3n) is 0.526. The molecule has 0 aromatic heterocycles. The summed E-state index contributed by atoms with van der Waals surface area (Å²) in [6.07, 6.45) is 0. The fraction of sp³-hybridized carbons (Fsp3) is 0.500. The Morgan fingerprint density at radius 2 is 2.00 bits per heavy atom. The lowest BCUT2D eigenvalue weighted by Crippen LogP contribution is -1.96. The van der Waals surface area contributed by atoms with Gasteiger partial charge in [0, 0.05) is 12.7 Å². The van der Waals surface area contributed by atoms with Crippen LogP contribution in [0.15, 0.2) is 12.3 Å². The average molecular weight is 197 g/mol. The number of nitrogens with zero attached hydrogens (tertiary/aromatic N) is 1. The predicted molar refractivity (Wildman–Crippen MR) is 36.6 cm³/mol. The first-order valence-electron chi connectivity index (χ1n) is 1.69. The van der Waals surface area contributed by atoms with Crippen molar-refractivity contribution in [2.75, 3.05) is 7.05 Å². The highest BCUT2D eigenvalue weighted by Crippen LogP contribution is 2.00. The van der Waals surface area contributed by atoms with Crippen LogP contribution in [0.5, 0.6) is 0 Å². The zero-order chi connectivity index (χ0) is 5.15. The van der Waals surface area contributed by atoms with Crippen molar-refractivity contribution in [1.29, 1.82) is 0 Å². The molecule has 36 valence electrons. The van der Waals surface area contributed by atoms with Gasteiger partial charge in [-0.15, -0.1) is 0 Å². The smallest absolute Gasteiger partial charge is 0.0585 e. The molecule has 0 atom stereocenters. The van der Waals surface area contributed by atoms with Gasteiger partial charge in [0.05, 0.1) is 22.9 Å². The summed E-state index contributed by atoms with van der Waals surface area (Å²) in [5, 5.41) is 0. The van der Waals surface area contributed by atoms with E-state index < -0.39 is 0 Å². The van der Waals surface area contributed by atoms with Gasteiger partial charge >= 0.3 is 0 Å². The van der Waals surface area contributed by atoms with Crippen LogP contribution in [0.25, 0.3) is 0 Å². The normalized spacial score (nSPS) is 7.83. The summed E-state index contributed by atoms with van der Waals surface area (Å²) in [4.78, 5) is 0. The maximum Gasteiger partial charge on any atom is 0.0585 e. The van der Waals surface area contributed by atoms with Crippen LogP contribution in [0.2, 0.25) is 0 Å². The van der Waals surface area contributed by atoms with E-state index in [0.29, 0.717) is 0 Å². The number of allylic oxidation sites excluding steroid dienone is 1. The van der Waals surface area contributed by atoms with E-state index in [1.54, 1.807) is 0 Å². The first kappa shape index (κ1) is 6.27. The van der Waals surface area contributed by atoms with Crippen molar-refractivity contribution in [3.8, 4) is 0 Å². The van der Waals surface area contributed by atoms with Crippen LogP contribution in [-0.4, -0.2) is 10.2 Å². The lowest BCUT2D eigenvalue weighted by atomic mass is 10.6. The second kappa shape index (κ2) is 2.44. The van der Waals surface area contributed by atoms with Gasteiger partial charge in [-0.25, -0.2) is 0 Å². The Balaban J connectivity index is 3.26. The lowest BCUT2D eigenvalue weighted by molar-refractivity contribution is 0.761. The Labute approximate surface area is 52.5 Å². The van der Waals surface area contributed by atoms with Gasteiger partial charge in [-0.3, -0.25) is 0 Å². The van der Waals surface area contributed by atoms with Crippen LogP contribution < -0.4 is 0 Å². The SMILES string of the molecule is C=C(C)N(C)I. The van der Waals surface area contributed by atoms with Crippen molar-refractivity contribution in [1.82, 2.24) is 3.11 Å². The third-order valence-corrected chi connectivity index (χ3v) is 1.35. The molecule has 0 fully saturated rings. The maximum atomic E-state index is 3.67. The van der Waals surface area contributed by atoms with Crippen LogP contribution >= 0.6 is 22.9 Å². The predicted octanol–water partition coefficient (Wildman–Crippen LogP) is 1.80. The molecule has 0 radical (unpaired) electrons. The minimum atomic E-state index is 1.08. The van der Waals surface area contributed by atoms with Crippen molar-refractivity contribution in [3.05, 3.63) is 12.3 Å². The van der Waals surface area contributed by atoms with E-state index in [2.05, 4.69) is 29.4 Å². The molecule has 0 spiro atoms. The minimum Gasteiger partial charge on any atom is -0.323 e. The fourth-order valence-electron chi connectivity index (χ4n) is 0. The summed E-state index contributed by atoms with van der Waals surface area (Å²) in [5.74, 6) is 0. The molecule has 0 bridgehead atoms. The van der Waals surface area contributed by atoms with Gasteiger partial charge in [0.15, 0.2) is 0 Å². The number of hydrogen-bond donors (Lipinski definition) is 0. The Kier molecular flexibility index (Phi) is 2.55. The van der Waals surface area contributed by atoms with Gasteiger partial charge in [0.2, 0.25) is 0 Å². The monoisotopic (exact) mass is 197 g/mol. The fourth-order valence-corrected chi connectivity index (χ4v) is 0. The molecule has 0 amide bonds. The molecule has 0 aromatic rings. The van der Waals surface area contributed by atoms with Gasteiger partial charge in [-0.05, 0) is 6.92 Å². The van der Waals surface area contributed by atoms with Crippen molar-refractivity contribution in [2.45, 2.75) is 6.92 Å². The molecule has 0 aromatic carbocycles. The largest absolute Gasteiger partial charge is 0.323 e. The first-order chi connectivity index (χ1) is 2.64. The van der Waals surface area contributed by atoms with E-state index in [4.69, 9.17) is 0 Å². The summed E-state index contributed by atoms with van der Waals surface area (Å²) in [5.41, 5.74) is 1.08. The molecule has 0 aliphatic rings. The standard InChI is InChI=1S/C4H8IN/c1-4(2)6(3)5/h1H2,2-3H3. The second-order valence-corrected chi connectivity index (χ2v) is 2.66. The molecule has 0 rings (SSSR count). The van der Waals surface area contributed by atoms with Gasteiger partial charge in [0.25, 0.3) is 0 Å². The molecular formula is C4H8IN. The highest BCUT2D eigenvalue weighted by Gasteiger charge is 1.81. The van der Waals surface area contributed by atoms with Crippen LogP contribution in [0.1, 0.15) is 6.92 Å². The lowest BCUT2D eigenvalue weighted by Gasteiger charge is -2.05. The van der Waals surface area contributed by atoms with Gasteiger partial charge in [0.1, 0.15) is 0 Å². The Morgan fingerprint density at radius 1 is 1.83 bits per heavy atom. The molecule has 0 aliphatic heterocycles. The summed E-state index contributed by atoms with van der Waals surface area (Å²) < 4.78 is 1.94. The van der Waals surface area contributed by atoms with E-state index in [-0.39, 0.29) is 0 Å². The molecule has 0 N–H and O–H groups in total. The van der Waals surface area contributed by atoms with Crippen molar-refractivity contribution in [2.24, 2.45) is 0 Å². The summed E-state index contributed by atoms with van der Waals surface area (Å²) in [6, 6.07) is 0. The van der Waals surface area contributed by atoms with Crippen LogP contribution in [-0.2, 0) is 0 Å². The quantitative estimate of drug-likeness (QED) is 0.457. The Bertz CT molecular complexity index is 58.6. The molecule has 0 heterocycles. The van der Waals surface area contributed by atoms with Crippen molar-refractivity contribution < 1.29 is 0 Å². The number of rotatable bonds is 1. The van der Waals surface area contributed by atoms with E-state index >= 15 is 0 Å². The number of hydrogen-bond acceptors (Lipinski definition) is 1. The maximum absolute atomic E-state index is 3.67. The molecule has 1 nitrogen and oxygen atoms in total. The first-order valence-corrected chi connectivity index (χ1v) is 2.66. The molecule has 0 unspecified atom stereocenters. The molecule has 2 heteroatoms. The zero-order valence-electron chi connectivity index (χ0n) is 4.03. The van der Waals surface area contributed by atoms with Crippen molar-refractivity contribution in [3.63, 3.8) is 0 Å². The molecule has 0 saturated carbocycles. The van der Waals surface area contributed by atoms with Crippen LogP contribution in [0.4, 0.5) is 0 Å². The highest BCUT2D eigenvalue weighted by molar-refractivity contribution is 14.1. The van der Waals surface area contributed by atoms with E-state index in [0.717, 1.165) is 5.70 Å². The molecule has 0 saturated heterocycles. The average Bonchev–Trinajstić information content (AvgIpc) is 1.36. The Morgan fingerprint density at radius 3 is 2.00 bits per heavy atom. The van der Waals surface area contributed by atoms with Gasteiger partial charge < -0.3 is 3.11 Å². The van der Waals surface area contributed by atoms with E-state index in [1.807, 2.05) is 17.1 Å². The van der Waals surface area contributed by atoms with Gasteiger partial charge in [-0.1, -0.05) is 6.58 Å². The zero-order valence-corrected chi connectivity index (χ0v) is 6.19. The summed E-state index contributed by atoms with van der Waals surface area (Å²) in [6.45, 7) is 5.64. The van der Waals surface area contributed by atoms with E-state index in [9.17, 15) is 0 Å². The van der Waals surface area contributed by atoms with E-state index in [1.165, 1.54) is 0 Å². The summed E-state index contributed by atoms with van der Waals surface area (Å²) >= 11 is 2.17. The van der Waals surface area contributed by atoms with Crippen LogP contribution in [0, 0.1) is 0 Å². The third kappa shape index (κ3) is 2.50. The molecular weight excluding hydrogens is 189 g/mol. The van der Waals surface area contributed by atoms with Gasteiger partial charge in [-0.2, -0.15) is 0 Å². The second-order valence-electron chi connectivity index (χ2n) is 1.21. The Hall–Kier alpha value is 0.270. The molecule has 0 aliphatic carbocycles. The number of halogens is 1. The minimum absolute atomic E-state index is 1.08. The van der Waals surface area contributed by atoms with Crippen molar-refractivity contribution >= 4 is 22.9 Å². The topological polar surface area (TPSA) is 3.24 Å². The summed E-state index contributed by atoms with van der Waals surface area (Å²) in [7, 11) is 1.96. The van der Waals surface area contributed by atoms with Crippen LogP contribution in [0.3, 0.4) is 0 Å². The highest BCUT2D eigenvalue weighted by atomic mass is 127.